The monoisotopic (exact) mass is 626 g/mol. The van der Waals surface area contributed by atoms with Crippen molar-refractivity contribution in [2.75, 3.05) is 0 Å². The summed E-state index contributed by atoms with van der Waals surface area (Å²) >= 11 is 0. The first-order valence-electron chi connectivity index (χ1n) is 17.4. The van der Waals surface area contributed by atoms with E-state index in [9.17, 15) is 0 Å². The van der Waals surface area contributed by atoms with Crippen molar-refractivity contribution in [2.45, 2.75) is 104 Å². The molecule has 4 aromatic rings. The maximum absolute atomic E-state index is 7.31. The van der Waals surface area contributed by atoms with E-state index in [2.05, 4.69) is 178 Å². The van der Waals surface area contributed by atoms with Crippen LogP contribution < -0.4 is 20.3 Å². The van der Waals surface area contributed by atoms with Gasteiger partial charge in [-0.15, -0.1) is 0 Å². The minimum Gasteiger partial charge on any atom is -0.488 e. The molecule has 4 aromatic carbocycles. The molecule has 6 rings (SSSR count). The van der Waals surface area contributed by atoms with Gasteiger partial charge in [-0.25, -0.2) is 0 Å². The Morgan fingerprint density at radius 1 is 0.674 bits per heavy atom. The molecule has 0 spiro atoms. The third kappa shape index (κ3) is 5.72. The SMILES string of the molecule is CC1CC2c3ccccc3C=CC2C1[Si](c1ccccc1)(c1ccccc1)c1cc(C(C)(C)C)cc(C(C)(C)C)c1OC(C)(C)C. The topological polar surface area (TPSA) is 9.23 Å². The molecule has 46 heavy (non-hydrogen) atoms. The molecular formula is C44H54OSi. The van der Waals surface area contributed by atoms with Crippen LogP contribution in [0.5, 0.6) is 5.75 Å². The fourth-order valence-electron chi connectivity index (χ4n) is 8.62. The van der Waals surface area contributed by atoms with E-state index in [1.165, 1.54) is 44.2 Å². The Morgan fingerprint density at radius 3 is 1.78 bits per heavy atom. The fraction of sp³-hybridized carbons (Fsp3) is 0.409. The summed E-state index contributed by atoms with van der Waals surface area (Å²) in [6.07, 6.45) is 6.22. The van der Waals surface area contributed by atoms with E-state index in [4.69, 9.17) is 4.74 Å². The molecular weight excluding hydrogens is 573 g/mol. The van der Waals surface area contributed by atoms with Crippen molar-refractivity contribution < 1.29 is 4.74 Å². The Morgan fingerprint density at radius 2 is 1.24 bits per heavy atom. The average Bonchev–Trinajstić information content (AvgIpc) is 3.34. The maximum Gasteiger partial charge on any atom is 0.156 e. The largest absolute Gasteiger partial charge is 0.488 e. The summed E-state index contributed by atoms with van der Waals surface area (Å²) in [4.78, 5) is 0. The number of hydrogen-bond acceptors (Lipinski definition) is 1. The number of hydrogen-bond donors (Lipinski definition) is 0. The highest BCUT2D eigenvalue weighted by molar-refractivity contribution is 7.13. The molecule has 1 nitrogen and oxygen atoms in total. The zero-order valence-corrected chi connectivity index (χ0v) is 30.8. The Hall–Kier alpha value is -3.36. The Labute approximate surface area is 280 Å². The molecule has 0 amide bonds. The minimum atomic E-state index is -2.82. The van der Waals surface area contributed by atoms with Gasteiger partial charge >= 0.3 is 0 Å². The van der Waals surface area contributed by atoms with Gasteiger partial charge < -0.3 is 4.74 Å². The third-order valence-electron chi connectivity index (χ3n) is 10.6. The van der Waals surface area contributed by atoms with Crippen LogP contribution in [0, 0.1) is 11.8 Å². The van der Waals surface area contributed by atoms with Crippen LogP contribution >= 0.6 is 0 Å². The van der Waals surface area contributed by atoms with Crippen molar-refractivity contribution in [1.82, 2.24) is 0 Å². The summed E-state index contributed by atoms with van der Waals surface area (Å²) in [6.45, 7) is 23.4. The van der Waals surface area contributed by atoms with Crippen molar-refractivity contribution in [3.8, 4) is 5.75 Å². The second-order valence-electron chi connectivity index (χ2n) is 17.1. The number of fused-ring (bicyclic) bond motifs is 3. The molecule has 2 aliphatic carbocycles. The molecule has 0 aliphatic heterocycles. The highest BCUT2D eigenvalue weighted by Crippen LogP contribution is 2.58. The van der Waals surface area contributed by atoms with Gasteiger partial charge in [0, 0.05) is 0 Å². The molecule has 0 saturated heterocycles. The highest BCUT2D eigenvalue weighted by Gasteiger charge is 2.58. The molecule has 240 valence electrons. The van der Waals surface area contributed by atoms with E-state index in [1.807, 2.05) is 0 Å². The van der Waals surface area contributed by atoms with Crippen LogP contribution in [-0.4, -0.2) is 13.7 Å². The van der Waals surface area contributed by atoms with E-state index >= 15 is 0 Å². The quantitative estimate of drug-likeness (QED) is 0.158. The van der Waals surface area contributed by atoms with Crippen molar-refractivity contribution in [3.05, 3.63) is 125 Å². The zero-order chi connectivity index (χ0) is 33.1. The van der Waals surface area contributed by atoms with E-state index in [1.54, 1.807) is 0 Å². The van der Waals surface area contributed by atoms with E-state index in [0.717, 1.165) is 5.75 Å². The second kappa shape index (κ2) is 11.7. The lowest BCUT2D eigenvalue weighted by Crippen LogP contribution is -2.71. The predicted molar refractivity (Wildman–Crippen MR) is 201 cm³/mol. The summed E-state index contributed by atoms with van der Waals surface area (Å²) in [5.41, 5.74) is 5.61. The average molecular weight is 627 g/mol. The van der Waals surface area contributed by atoms with Gasteiger partial charge in [0.1, 0.15) is 11.4 Å². The van der Waals surface area contributed by atoms with Crippen LogP contribution in [0.1, 0.15) is 104 Å². The van der Waals surface area contributed by atoms with Gasteiger partial charge in [0.25, 0.3) is 0 Å². The Kier molecular flexibility index (Phi) is 8.29. The van der Waals surface area contributed by atoms with Gasteiger partial charge in [-0.05, 0) is 99.1 Å². The summed E-state index contributed by atoms with van der Waals surface area (Å²) < 4.78 is 7.31. The molecule has 4 unspecified atom stereocenters. The van der Waals surface area contributed by atoms with E-state index in [0.29, 0.717) is 23.3 Å². The first-order valence-corrected chi connectivity index (χ1v) is 19.5. The molecule has 2 heteroatoms. The van der Waals surface area contributed by atoms with Gasteiger partial charge in [-0.2, -0.15) is 0 Å². The summed E-state index contributed by atoms with van der Waals surface area (Å²) in [7, 11) is -2.82. The fourth-order valence-corrected chi connectivity index (χ4v) is 15.0. The molecule has 1 saturated carbocycles. The van der Waals surface area contributed by atoms with Gasteiger partial charge in [-0.3, -0.25) is 0 Å². The minimum absolute atomic E-state index is 0.0178. The van der Waals surface area contributed by atoms with Crippen LogP contribution in [-0.2, 0) is 10.8 Å². The van der Waals surface area contributed by atoms with Gasteiger partial charge in [-0.1, -0.05) is 158 Å². The molecule has 2 aliphatic rings. The lowest BCUT2D eigenvalue weighted by atomic mass is 9.80. The van der Waals surface area contributed by atoms with Crippen molar-refractivity contribution in [2.24, 2.45) is 11.8 Å². The summed E-state index contributed by atoms with van der Waals surface area (Å²) in [6, 6.07) is 37.4. The first-order chi connectivity index (χ1) is 21.6. The lowest BCUT2D eigenvalue weighted by Gasteiger charge is -2.46. The van der Waals surface area contributed by atoms with Crippen LogP contribution in [0.3, 0.4) is 0 Å². The summed E-state index contributed by atoms with van der Waals surface area (Å²) in [5.74, 6) is 2.59. The molecule has 0 N–H and O–H groups in total. The van der Waals surface area contributed by atoms with Crippen LogP contribution in [0.2, 0.25) is 5.54 Å². The standard InChI is InChI=1S/C44H54OSi/c1-30-27-37-35-24-18-17-19-31(35)25-26-36(37)41(30)46(33-20-13-11-14-21-33,34-22-15-12-16-23-34)39-29-32(42(2,3)4)28-38(43(5,6)7)40(39)45-44(8,9)10/h11-26,28-30,36-37,41H,27H2,1-10H3. The predicted octanol–water partition coefficient (Wildman–Crippen LogP) is 9.77. The smallest absolute Gasteiger partial charge is 0.156 e. The maximum atomic E-state index is 7.31. The normalized spacial score (nSPS) is 21.5. The molecule has 0 bridgehead atoms. The lowest BCUT2D eigenvalue weighted by molar-refractivity contribution is 0.129. The van der Waals surface area contributed by atoms with Crippen molar-refractivity contribution in [3.63, 3.8) is 0 Å². The number of benzene rings is 4. The van der Waals surface area contributed by atoms with Crippen LogP contribution in [0.25, 0.3) is 6.08 Å². The van der Waals surface area contributed by atoms with E-state index in [-0.39, 0.29) is 16.4 Å². The second-order valence-corrected chi connectivity index (χ2v) is 21.0. The number of allylic oxidation sites excluding steroid dienone is 1. The van der Waals surface area contributed by atoms with E-state index < -0.39 is 8.07 Å². The third-order valence-corrected chi connectivity index (χ3v) is 16.2. The molecule has 0 aromatic heterocycles. The Balaban J connectivity index is 1.80. The zero-order valence-electron chi connectivity index (χ0n) is 29.8. The number of ether oxygens (including phenoxy) is 1. The Bertz CT molecular complexity index is 1670. The van der Waals surface area contributed by atoms with Crippen LogP contribution in [0.15, 0.2) is 103 Å². The molecule has 0 radical (unpaired) electrons. The van der Waals surface area contributed by atoms with Gasteiger partial charge in [0.15, 0.2) is 8.07 Å². The number of rotatable bonds is 5. The molecule has 4 atom stereocenters. The highest BCUT2D eigenvalue weighted by atomic mass is 28.3. The molecule has 0 heterocycles. The molecule has 1 fully saturated rings. The van der Waals surface area contributed by atoms with Crippen molar-refractivity contribution in [1.29, 1.82) is 0 Å². The first kappa shape index (κ1) is 32.6. The van der Waals surface area contributed by atoms with Gasteiger partial charge in [0.2, 0.25) is 0 Å². The van der Waals surface area contributed by atoms with Gasteiger partial charge in [0.05, 0.1) is 0 Å². The summed E-state index contributed by atoms with van der Waals surface area (Å²) in [5, 5.41) is 4.41. The van der Waals surface area contributed by atoms with Crippen molar-refractivity contribution >= 4 is 29.7 Å². The van der Waals surface area contributed by atoms with Crippen LogP contribution in [0.4, 0.5) is 0 Å².